The summed E-state index contributed by atoms with van der Waals surface area (Å²) in [6, 6.07) is 11.4. The quantitative estimate of drug-likeness (QED) is 0.559. The van der Waals surface area contributed by atoms with Crippen molar-refractivity contribution in [2.45, 2.75) is 45.1 Å². The molecule has 0 spiro atoms. The zero-order valence-electron chi connectivity index (χ0n) is 15.9. The smallest absolute Gasteiger partial charge is 0.242 e. The average Bonchev–Trinajstić information content (AvgIpc) is 2.56. The largest absolute Gasteiger partial charge is 0.324 e. The number of rotatable bonds is 7. The van der Waals surface area contributed by atoms with Crippen molar-refractivity contribution in [3.05, 3.63) is 57.2 Å². The number of anilines is 1. The summed E-state index contributed by atoms with van der Waals surface area (Å²) in [4.78, 5) is 13.0. The molecule has 0 saturated carbocycles. The average molecular weight is 500 g/mol. The molecule has 0 aliphatic carbocycles. The number of carbonyl (C=O) groups excluding carboxylic acids is 1. The first-order chi connectivity index (χ1) is 12.6. The van der Waals surface area contributed by atoms with Crippen LogP contribution in [-0.4, -0.2) is 20.4 Å². The molecule has 0 aromatic heterocycles. The van der Waals surface area contributed by atoms with Crippen molar-refractivity contribution in [1.82, 2.24) is 4.72 Å². The van der Waals surface area contributed by atoms with Crippen molar-refractivity contribution in [2.75, 3.05) is 5.32 Å². The highest BCUT2D eigenvalue weighted by Gasteiger charge is 2.26. The predicted octanol–water partition coefficient (Wildman–Crippen LogP) is 4.24. The predicted molar refractivity (Wildman–Crippen MR) is 117 cm³/mol. The van der Waals surface area contributed by atoms with Crippen molar-refractivity contribution in [3.8, 4) is 0 Å². The van der Waals surface area contributed by atoms with Crippen LogP contribution in [0.4, 0.5) is 5.69 Å². The Morgan fingerprint density at radius 3 is 2.26 bits per heavy atom. The van der Waals surface area contributed by atoms with E-state index in [2.05, 4.69) is 32.6 Å². The Balaban J connectivity index is 2.23. The molecule has 2 N–H and O–H groups in total. The molecule has 0 aliphatic rings. The van der Waals surface area contributed by atoms with E-state index in [9.17, 15) is 13.2 Å². The number of halogens is 1. The molecule has 27 heavy (non-hydrogen) atoms. The molecule has 2 rings (SSSR count). The molecule has 5 nitrogen and oxygen atoms in total. The molecule has 1 atom stereocenters. The number of nitrogens with one attached hydrogen (secondary N) is 2. The maximum atomic E-state index is 12.8. The van der Waals surface area contributed by atoms with Crippen LogP contribution in [0.5, 0.6) is 0 Å². The highest BCUT2D eigenvalue weighted by Crippen LogP contribution is 2.19. The minimum absolute atomic E-state index is 0.152. The van der Waals surface area contributed by atoms with Gasteiger partial charge in [0.25, 0.3) is 0 Å². The van der Waals surface area contributed by atoms with Crippen LogP contribution in [0.3, 0.4) is 0 Å². The van der Waals surface area contributed by atoms with Gasteiger partial charge < -0.3 is 5.32 Å². The van der Waals surface area contributed by atoms with Gasteiger partial charge in [-0.1, -0.05) is 31.5 Å². The molecule has 1 amide bonds. The SMILES string of the molecule is Cc1ccc(S(=O)(=O)N[C@H](CC(C)C)C(=O)Nc2ccc(I)cc2C)cc1. The van der Waals surface area contributed by atoms with Crippen LogP contribution >= 0.6 is 22.6 Å². The highest BCUT2D eigenvalue weighted by atomic mass is 127. The first kappa shape index (κ1) is 21.8. The van der Waals surface area contributed by atoms with Crippen LogP contribution in [-0.2, 0) is 14.8 Å². The monoisotopic (exact) mass is 500 g/mol. The number of benzene rings is 2. The summed E-state index contributed by atoms with van der Waals surface area (Å²) in [5.74, 6) is -0.206. The van der Waals surface area contributed by atoms with Gasteiger partial charge in [-0.2, -0.15) is 4.72 Å². The van der Waals surface area contributed by atoms with Gasteiger partial charge in [0.05, 0.1) is 4.90 Å². The van der Waals surface area contributed by atoms with E-state index in [1.807, 2.05) is 45.9 Å². The summed E-state index contributed by atoms with van der Waals surface area (Å²) in [5.41, 5.74) is 2.59. The van der Waals surface area contributed by atoms with E-state index in [0.717, 1.165) is 14.7 Å². The lowest BCUT2D eigenvalue weighted by molar-refractivity contribution is -0.118. The van der Waals surface area contributed by atoms with E-state index < -0.39 is 16.1 Å². The summed E-state index contributed by atoms with van der Waals surface area (Å²) in [7, 11) is -3.79. The fourth-order valence-corrected chi connectivity index (χ4v) is 4.50. The van der Waals surface area contributed by atoms with E-state index in [1.165, 1.54) is 0 Å². The second-order valence-electron chi connectivity index (χ2n) is 7.06. The maximum Gasteiger partial charge on any atom is 0.242 e. The molecule has 0 saturated heterocycles. The van der Waals surface area contributed by atoms with E-state index in [-0.39, 0.29) is 16.7 Å². The van der Waals surface area contributed by atoms with Gasteiger partial charge in [0, 0.05) is 9.26 Å². The minimum Gasteiger partial charge on any atom is -0.324 e. The third-order valence-electron chi connectivity index (χ3n) is 4.10. The molecule has 0 radical (unpaired) electrons. The van der Waals surface area contributed by atoms with Gasteiger partial charge in [-0.05, 0) is 84.7 Å². The molecule has 0 fully saturated rings. The van der Waals surface area contributed by atoms with Crippen LogP contribution < -0.4 is 10.0 Å². The normalized spacial score (nSPS) is 12.8. The number of amides is 1. The van der Waals surface area contributed by atoms with E-state index in [4.69, 9.17) is 0 Å². The lowest BCUT2D eigenvalue weighted by atomic mass is 10.0. The number of hydrogen-bond acceptors (Lipinski definition) is 3. The first-order valence-corrected chi connectivity index (χ1v) is 11.3. The van der Waals surface area contributed by atoms with Crippen LogP contribution in [0.1, 0.15) is 31.4 Å². The van der Waals surface area contributed by atoms with Crippen molar-refractivity contribution in [1.29, 1.82) is 0 Å². The van der Waals surface area contributed by atoms with Gasteiger partial charge in [-0.15, -0.1) is 0 Å². The molecule has 146 valence electrons. The molecule has 0 bridgehead atoms. The highest BCUT2D eigenvalue weighted by molar-refractivity contribution is 14.1. The van der Waals surface area contributed by atoms with Crippen LogP contribution in [0.15, 0.2) is 47.4 Å². The summed E-state index contributed by atoms with van der Waals surface area (Å²) in [5, 5.41) is 2.86. The second-order valence-corrected chi connectivity index (χ2v) is 10.0. The summed E-state index contributed by atoms with van der Waals surface area (Å²) >= 11 is 2.21. The maximum absolute atomic E-state index is 12.8. The van der Waals surface area contributed by atoms with Crippen molar-refractivity contribution in [3.63, 3.8) is 0 Å². The summed E-state index contributed by atoms with van der Waals surface area (Å²) in [6.07, 6.45) is 0.403. The van der Waals surface area contributed by atoms with Gasteiger partial charge in [0.15, 0.2) is 0 Å². The van der Waals surface area contributed by atoms with Crippen molar-refractivity contribution >= 4 is 44.2 Å². The first-order valence-electron chi connectivity index (χ1n) is 8.74. The molecular formula is C20H25IN2O3S. The third kappa shape index (κ3) is 6.29. The van der Waals surface area contributed by atoms with Crippen molar-refractivity contribution in [2.24, 2.45) is 5.92 Å². The van der Waals surface area contributed by atoms with Gasteiger partial charge in [0.2, 0.25) is 15.9 Å². The van der Waals surface area contributed by atoms with Crippen LogP contribution in [0, 0.1) is 23.3 Å². The Kier molecular flexibility index (Phi) is 7.41. The van der Waals surface area contributed by atoms with Gasteiger partial charge in [0.1, 0.15) is 6.04 Å². The molecule has 2 aromatic rings. The molecule has 0 unspecified atom stereocenters. The Hall–Kier alpha value is -1.45. The van der Waals surface area contributed by atoms with Crippen LogP contribution in [0.2, 0.25) is 0 Å². The summed E-state index contributed by atoms with van der Waals surface area (Å²) in [6.45, 7) is 7.71. The minimum atomic E-state index is -3.79. The van der Waals surface area contributed by atoms with Gasteiger partial charge in [-0.3, -0.25) is 4.79 Å². The van der Waals surface area contributed by atoms with E-state index >= 15 is 0 Å². The second kappa shape index (κ2) is 9.16. The van der Waals surface area contributed by atoms with Gasteiger partial charge in [-0.25, -0.2) is 8.42 Å². The molecule has 0 aliphatic heterocycles. The topological polar surface area (TPSA) is 75.3 Å². The van der Waals surface area contributed by atoms with E-state index in [1.54, 1.807) is 24.3 Å². The Labute approximate surface area is 175 Å². The zero-order valence-corrected chi connectivity index (χ0v) is 18.9. The van der Waals surface area contributed by atoms with Crippen LogP contribution in [0.25, 0.3) is 0 Å². The Morgan fingerprint density at radius 1 is 1.07 bits per heavy atom. The molecule has 2 aromatic carbocycles. The lowest BCUT2D eigenvalue weighted by Crippen LogP contribution is -2.44. The summed E-state index contributed by atoms with van der Waals surface area (Å²) < 4.78 is 29.1. The zero-order chi connectivity index (χ0) is 20.2. The Morgan fingerprint density at radius 2 is 1.70 bits per heavy atom. The Bertz CT molecular complexity index is 909. The number of carbonyl (C=O) groups is 1. The van der Waals surface area contributed by atoms with E-state index in [0.29, 0.717) is 12.1 Å². The van der Waals surface area contributed by atoms with Gasteiger partial charge >= 0.3 is 0 Å². The fourth-order valence-electron chi connectivity index (χ4n) is 2.64. The number of sulfonamides is 1. The molecule has 0 heterocycles. The number of hydrogen-bond donors (Lipinski definition) is 2. The lowest BCUT2D eigenvalue weighted by Gasteiger charge is -2.21. The number of aryl methyl sites for hydroxylation is 2. The molecule has 7 heteroatoms. The standard InChI is InChI=1S/C20H25IN2O3S/c1-13(2)11-19(20(24)22-18-10-7-16(21)12-15(18)4)23-27(25,26)17-8-5-14(3)6-9-17/h5-10,12-13,19,23H,11H2,1-4H3,(H,22,24)/t19-/m1/s1. The third-order valence-corrected chi connectivity index (χ3v) is 6.26. The molecular weight excluding hydrogens is 475 g/mol. The fraction of sp³-hybridized carbons (Fsp3) is 0.350. The van der Waals surface area contributed by atoms with Crippen molar-refractivity contribution < 1.29 is 13.2 Å².